The number of rotatable bonds is 0. The molecule has 0 spiro atoms. The Hall–Kier alpha value is -1.08. The minimum absolute atomic E-state index is 1.37. The van der Waals surface area contributed by atoms with E-state index in [2.05, 4.69) is 63.4 Å². The number of thiophene rings is 1. The van der Waals surface area contributed by atoms with Crippen LogP contribution in [0, 0.1) is 27.7 Å². The summed E-state index contributed by atoms with van der Waals surface area (Å²) in [5, 5.41) is 2.12. The zero-order valence-corrected chi connectivity index (χ0v) is 10.7. The summed E-state index contributed by atoms with van der Waals surface area (Å²) in [7, 11) is 0. The monoisotopic (exact) mass is 218 g/mol. The minimum Gasteiger partial charge on any atom is -0.149 e. The molecule has 15 heavy (non-hydrogen) atoms. The molecule has 80 valence electrons. The molecule has 0 unspecified atom stereocenters. The average molecular weight is 218 g/mol. The third-order valence-corrected chi connectivity index (χ3v) is 3.49. The van der Waals surface area contributed by atoms with E-state index in [1.165, 1.54) is 21.6 Å². The van der Waals surface area contributed by atoms with Crippen LogP contribution in [0.3, 0.4) is 0 Å². The summed E-state index contributed by atoms with van der Waals surface area (Å²) in [6.07, 6.45) is 0. The first-order chi connectivity index (χ1) is 7.11. The Morgan fingerprint density at radius 3 is 1.47 bits per heavy atom. The van der Waals surface area contributed by atoms with E-state index in [9.17, 15) is 0 Å². The van der Waals surface area contributed by atoms with Crippen LogP contribution in [0.5, 0.6) is 0 Å². The smallest absolute Gasteiger partial charge is 0.00433 e. The lowest BCUT2D eigenvalue weighted by Crippen LogP contribution is -1.74. The van der Waals surface area contributed by atoms with Gasteiger partial charge in [0.1, 0.15) is 0 Å². The van der Waals surface area contributed by atoms with E-state index in [-0.39, 0.29) is 0 Å². The zero-order valence-electron chi connectivity index (χ0n) is 9.87. The SMILES string of the molecule is Cc1ccccc1C.Cc1ccsc1C. The number of benzene rings is 1. The highest BCUT2D eigenvalue weighted by Crippen LogP contribution is 2.12. The standard InChI is InChI=1S/C8H10.C6H8S/c1-7-5-3-4-6-8(7)2;1-5-3-4-7-6(5)2/h3-6H,1-2H3;3-4H,1-2H3. The molecule has 0 bridgehead atoms. The van der Waals surface area contributed by atoms with Gasteiger partial charge < -0.3 is 0 Å². The second-order valence-corrected chi connectivity index (χ2v) is 4.86. The maximum absolute atomic E-state index is 2.14. The summed E-state index contributed by atoms with van der Waals surface area (Å²) in [6, 6.07) is 10.5. The Labute approximate surface area is 96.6 Å². The van der Waals surface area contributed by atoms with Crippen LogP contribution in [0.4, 0.5) is 0 Å². The summed E-state index contributed by atoms with van der Waals surface area (Å²) in [5.41, 5.74) is 4.14. The molecule has 0 amide bonds. The van der Waals surface area contributed by atoms with Crippen molar-refractivity contribution in [2.75, 3.05) is 0 Å². The quantitative estimate of drug-likeness (QED) is 0.603. The van der Waals surface area contributed by atoms with Gasteiger partial charge in [0.25, 0.3) is 0 Å². The van der Waals surface area contributed by atoms with Crippen molar-refractivity contribution in [3.05, 3.63) is 57.3 Å². The highest BCUT2D eigenvalue weighted by atomic mass is 32.1. The highest BCUT2D eigenvalue weighted by Gasteiger charge is 1.87. The van der Waals surface area contributed by atoms with Crippen molar-refractivity contribution in [1.29, 1.82) is 0 Å². The molecule has 0 saturated heterocycles. The van der Waals surface area contributed by atoms with Crippen LogP contribution in [0.25, 0.3) is 0 Å². The van der Waals surface area contributed by atoms with E-state index in [0.29, 0.717) is 0 Å². The van der Waals surface area contributed by atoms with Gasteiger partial charge in [-0.15, -0.1) is 11.3 Å². The Morgan fingerprint density at radius 1 is 0.733 bits per heavy atom. The van der Waals surface area contributed by atoms with Crippen LogP contribution in [0.1, 0.15) is 21.6 Å². The van der Waals surface area contributed by atoms with Crippen molar-refractivity contribution in [2.24, 2.45) is 0 Å². The van der Waals surface area contributed by atoms with E-state index in [4.69, 9.17) is 0 Å². The van der Waals surface area contributed by atoms with Gasteiger partial charge in [-0.1, -0.05) is 24.3 Å². The third-order valence-electron chi connectivity index (χ3n) is 2.54. The Morgan fingerprint density at radius 2 is 1.27 bits per heavy atom. The summed E-state index contributed by atoms with van der Waals surface area (Å²) in [5.74, 6) is 0. The summed E-state index contributed by atoms with van der Waals surface area (Å²) < 4.78 is 0. The molecule has 0 aliphatic rings. The van der Waals surface area contributed by atoms with Gasteiger partial charge in [-0.2, -0.15) is 0 Å². The first kappa shape index (κ1) is 12.0. The van der Waals surface area contributed by atoms with Crippen LogP contribution < -0.4 is 0 Å². The second kappa shape index (κ2) is 5.72. The summed E-state index contributed by atoms with van der Waals surface area (Å²) in [4.78, 5) is 1.43. The fourth-order valence-electron chi connectivity index (χ4n) is 1.11. The molecule has 0 saturated carbocycles. The molecular formula is C14H18S. The molecule has 2 rings (SSSR count). The fourth-order valence-corrected chi connectivity index (χ4v) is 1.84. The van der Waals surface area contributed by atoms with Gasteiger partial charge in [0.15, 0.2) is 0 Å². The van der Waals surface area contributed by atoms with E-state index >= 15 is 0 Å². The van der Waals surface area contributed by atoms with Crippen LogP contribution in [0.2, 0.25) is 0 Å². The van der Waals surface area contributed by atoms with Crippen LogP contribution in [0.15, 0.2) is 35.7 Å². The first-order valence-corrected chi connectivity index (χ1v) is 6.02. The van der Waals surface area contributed by atoms with Crippen molar-refractivity contribution in [3.63, 3.8) is 0 Å². The van der Waals surface area contributed by atoms with E-state index in [1.54, 1.807) is 11.3 Å². The summed E-state index contributed by atoms with van der Waals surface area (Å²) >= 11 is 1.80. The average Bonchev–Trinajstić information content (AvgIpc) is 2.57. The fraction of sp³-hybridized carbons (Fsp3) is 0.286. The van der Waals surface area contributed by atoms with Gasteiger partial charge in [-0.25, -0.2) is 0 Å². The van der Waals surface area contributed by atoms with Crippen molar-refractivity contribution in [1.82, 2.24) is 0 Å². The first-order valence-electron chi connectivity index (χ1n) is 5.14. The van der Waals surface area contributed by atoms with Gasteiger partial charge in [-0.05, 0) is 55.8 Å². The molecule has 1 aromatic carbocycles. The lowest BCUT2D eigenvalue weighted by Gasteiger charge is -1.93. The van der Waals surface area contributed by atoms with Crippen molar-refractivity contribution in [2.45, 2.75) is 27.7 Å². The lowest BCUT2D eigenvalue weighted by molar-refractivity contribution is 1.34. The molecule has 0 radical (unpaired) electrons. The lowest BCUT2D eigenvalue weighted by atomic mass is 10.1. The number of hydrogen-bond acceptors (Lipinski definition) is 1. The van der Waals surface area contributed by atoms with Gasteiger partial charge in [0.05, 0.1) is 0 Å². The molecule has 0 aliphatic carbocycles. The van der Waals surface area contributed by atoms with Crippen molar-refractivity contribution < 1.29 is 0 Å². The molecule has 0 aliphatic heterocycles. The normalized spacial score (nSPS) is 9.33. The van der Waals surface area contributed by atoms with E-state index < -0.39 is 0 Å². The van der Waals surface area contributed by atoms with Gasteiger partial charge in [0.2, 0.25) is 0 Å². The molecule has 2 aromatic rings. The predicted molar refractivity (Wildman–Crippen MR) is 69.7 cm³/mol. The molecule has 1 heterocycles. The zero-order chi connectivity index (χ0) is 11.3. The number of aryl methyl sites for hydroxylation is 4. The molecule has 1 heteroatoms. The van der Waals surface area contributed by atoms with Crippen molar-refractivity contribution >= 4 is 11.3 Å². The van der Waals surface area contributed by atoms with Crippen LogP contribution in [-0.4, -0.2) is 0 Å². The highest BCUT2D eigenvalue weighted by molar-refractivity contribution is 7.10. The molecule has 0 fully saturated rings. The van der Waals surface area contributed by atoms with E-state index in [0.717, 1.165) is 0 Å². The second-order valence-electron chi connectivity index (χ2n) is 3.74. The van der Waals surface area contributed by atoms with Gasteiger partial charge >= 0.3 is 0 Å². The van der Waals surface area contributed by atoms with Gasteiger partial charge in [0, 0.05) is 4.88 Å². The Kier molecular flexibility index (Phi) is 4.57. The maximum atomic E-state index is 2.14. The topological polar surface area (TPSA) is 0 Å². The van der Waals surface area contributed by atoms with Crippen LogP contribution >= 0.6 is 11.3 Å². The predicted octanol–water partition coefficient (Wildman–Crippen LogP) is 4.67. The molecule has 0 N–H and O–H groups in total. The number of hydrogen-bond donors (Lipinski definition) is 0. The largest absolute Gasteiger partial charge is 0.149 e. The van der Waals surface area contributed by atoms with E-state index in [1.807, 2.05) is 0 Å². The maximum Gasteiger partial charge on any atom is 0.00433 e. The van der Waals surface area contributed by atoms with Gasteiger partial charge in [-0.3, -0.25) is 0 Å². The van der Waals surface area contributed by atoms with Crippen LogP contribution in [-0.2, 0) is 0 Å². The summed E-state index contributed by atoms with van der Waals surface area (Å²) in [6.45, 7) is 8.51. The molecule has 0 atom stereocenters. The third kappa shape index (κ3) is 3.88. The Bertz CT molecular complexity index is 375. The Balaban J connectivity index is 0.000000151. The molecular weight excluding hydrogens is 200 g/mol. The molecule has 0 nitrogen and oxygen atoms in total. The minimum atomic E-state index is 1.37. The molecule has 1 aromatic heterocycles. The van der Waals surface area contributed by atoms with Crippen molar-refractivity contribution in [3.8, 4) is 0 Å².